The SMILES string of the molecule is NC(=O)N/N=C(\c1ccccc1)c1ccc(O)cc1O. The van der Waals surface area contributed by atoms with Gasteiger partial charge >= 0.3 is 6.03 Å². The van der Waals surface area contributed by atoms with Gasteiger partial charge in [0.25, 0.3) is 0 Å². The molecule has 0 atom stereocenters. The minimum atomic E-state index is -0.809. The number of hydrogen-bond donors (Lipinski definition) is 4. The number of hydrazone groups is 1. The Kier molecular flexibility index (Phi) is 3.85. The molecule has 0 radical (unpaired) electrons. The van der Waals surface area contributed by atoms with Gasteiger partial charge in [-0.05, 0) is 12.1 Å². The number of carbonyl (C=O) groups is 1. The third-order valence-corrected chi connectivity index (χ3v) is 2.56. The summed E-state index contributed by atoms with van der Waals surface area (Å²) in [6.45, 7) is 0. The number of nitrogens with one attached hydrogen (secondary N) is 1. The minimum absolute atomic E-state index is 0.0680. The molecule has 0 fully saturated rings. The Bertz CT molecular complexity index is 654. The Morgan fingerprint density at radius 1 is 1.10 bits per heavy atom. The number of phenols is 2. The summed E-state index contributed by atoms with van der Waals surface area (Å²) in [7, 11) is 0. The summed E-state index contributed by atoms with van der Waals surface area (Å²) >= 11 is 0. The van der Waals surface area contributed by atoms with E-state index in [0.717, 1.165) is 0 Å². The Hall–Kier alpha value is -3.02. The number of nitrogens with zero attached hydrogens (tertiary/aromatic N) is 1. The molecule has 0 saturated heterocycles. The average molecular weight is 271 g/mol. The number of aromatic hydroxyl groups is 2. The van der Waals surface area contributed by atoms with Crippen molar-refractivity contribution in [3.8, 4) is 11.5 Å². The number of nitrogens with two attached hydrogens (primary N) is 1. The molecule has 0 saturated carbocycles. The molecule has 0 spiro atoms. The zero-order valence-electron chi connectivity index (χ0n) is 10.4. The van der Waals surface area contributed by atoms with Crippen LogP contribution >= 0.6 is 0 Å². The molecule has 0 heterocycles. The molecule has 102 valence electrons. The Morgan fingerprint density at radius 2 is 1.80 bits per heavy atom. The monoisotopic (exact) mass is 271 g/mol. The molecular weight excluding hydrogens is 258 g/mol. The highest BCUT2D eigenvalue weighted by atomic mass is 16.3. The van der Waals surface area contributed by atoms with E-state index in [0.29, 0.717) is 16.8 Å². The lowest BCUT2D eigenvalue weighted by atomic mass is 10.0. The van der Waals surface area contributed by atoms with Crippen LogP contribution in [0.15, 0.2) is 53.6 Å². The molecule has 2 amide bonds. The van der Waals surface area contributed by atoms with Gasteiger partial charge in [-0.1, -0.05) is 30.3 Å². The molecule has 2 aromatic rings. The van der Waals surface area contributed by atoms with Crippen LogP contribution in [0, 0.1) is 0 Å². The first-order valence-electron chi connectivity index (χ1n) is 5.79. The molecule has 0 aliphatic heterocycles. The molecular formula is C14H13N3O3. The van der Waals surface area contributed by atoms with Gasteiger partial charge in [-0.2, -0.15) is 5.10 Å². The van der Waals surface area contributed by atoms with E-state index in [1.807, 2.05) is 6.07 Å². The van der Waals surface area contributed by atoms with Crippen molar-refractivity contribution in [1.82, 2.24) is 5.43 Å². The number of amides is 2. The summed E-state index contributed by atoms with van der Waals surface area (Å²) in [5, 5.41) is 23.1. The van der Waals surface area contributed by atoms with Gasteiger partial charge in [-0.25, -0.2) is 10.2 Å². The van der Waals surface area contributed by atoms with E-state index in [-0.39, 0.29) is 11.5 Å². The van der Waals surface area contributed by atoms with Crippen molar-refractivity contribution in [2.75, 3.05) is 0 Å². The van der Waals surface area contributed by atoms with Crippen molar-refractivity contribution in [2.45, 2.75) is 0 Å². The highest BCUT2D eigenvalue weighted by Gasteiger charge is 2.12. The zero-order chi connectivity index (χ0) is 14.5. The van der Waals surface area contributed by atoms with Crippen LogP contribution in [-0.4, -0.2) is 22.0 Å². The highest BCUT2D eigenvalue weighted by molar-refractivity contribution is 6.14. The standard InChI is InChI=1S/C14H13N3O3/c15-14(20)17-16-13(9-4-2-1-3-5-9)11-7-6-10(18)8-12(11)19/h1-8,18-19H,(H3,15,17,20)/b16-13+. The number of phenolic OH excluding ortho intramolecular Hbond substituents is 2. The van der Waals surface area contributed by atoms with E-state index in [2.05, 4.69) is 10.5 Å². The van der Waals surface area contributed by atoms with Gasteiger partial charge in [0.05, 0.1) is 0 Å². The Labute approximate surface area is 115 Å². The number of rotatable bonds is 3. The maximum Gasteiger partial charge on any atom is 0.332 e. The molecule has 6 nitrogen and oxygen atoms in total. The maximum absolute atomic E-state index is 10.8. The lowest BCUT2D eigenvalue weighted by molar-refractivity contribution is 0.249. The van der Waals surface area contributed by atoms with Crippen LogP contribution in [0.3, 0.4) is 0 Å². The van der Waals surface area contributed by atoms with Gasteiger partial charge in [0.15, 0.2) is 0 Å². The first kappa shape index (κ1) is 13.4. The summed E-state index contributed by atoms with van der Waals surface area (Å²) in [4.78, 5) is 10.8. The number of primary amides is 1. The molecule has 5 N–H and O–H groups in total. The van der Waals surface area contributed by atoms with Crippen molar-refractivity contribution in [3.05, 3.63) is 59.7 Å². The minimum Gasteiger partial charge on any atom is -0.508 e. The van der Waals surface area contributed by atoms with Crippen molar-refractivity contribution in [1.29, 1.82) is 0 Å². The largest absolute Gasteiger partial charge is 0.508 e. The molecule has 6 heteroatoms. The summed E-state index contributed by atoms with van der Waals surface area (Å²) in [5.41, 5.74) is 8.52. The number of carbonyl (C=O) groups excluding carboxylic acids is 1. The van der Waals surface area contributed by atoms with Crippen LogP contribution in [0.25, 0.3) is 0 Å². The van der Waals surface area contributed by atoms with Crippen molar-refractivity contribution < 1.29 is 15.0 Å². The number of urea groups is 1. The van der Waals surface area contributed by atoms with Crippen molar-refractivity contribution >= 4 is 11.7 Å². The third-order valence-electron chi connectivity index (χ3n) is 2.56. The summed E-state index contributed by atoms with van der Waals surface area (Å²) in [6, 6.07) is 12.3. The quantitative estimate of drug-likeness (QED) is 0.502. The van der Waals surface area contributed by atoms with Crippen molar-refractivity contribution in [2.24, 2.45) is 10.8 Å². The molecule has 0 aliphatic carbocycles. The summed E-state index contributed by atoms with van der Waals surface area (Å²) < 4.78 is 0. The van der Waals surface area contributed by atoms with Crippen LogP contribution in [0.5, 0.6) is 11.5 Å². The number of benzene rings is 2. The Morgan fingerprint density at radius 3 is 2.40 bits per heavy atom. The van der Waals surface area contributed by atoms with Gasteiger partial charge in [-0.3, -0.25) is 0 Å². The molecule has 0 bridgehead atoms. The second-order valence-corrected chi connectivity index (χ2v) is 4.00. The first-order chi connectivity index (χ1) is 9.58. The lowest BCUT2D eigenvalue weighted by Crippen LogP contribution is -2.26. The molecule has 2 aromatic carbocycles. The van der Waals surface area contributed by atoms with Gasteiger partial charge < -0.3 is 15.9 Å². The maximum atomic E-state index is 10.8. The van der Waals surface area contributed by atoms with E-state index in [1.54, 1.807) is 24.3 Å². The van der Waals surface area contributed by atoms with Crippen LogP contribution < -0.4 is 11.2 Å². The van der Waals surface area contributed by atoms with E-state index in [4.69, 9.17) is 5.73 Å². The van der Waals surface area contributed by atoms with Gasteiger partial charge in [0.2, 0.25) is 0 Å². The smallest absolute Gasteiger partial charge is 0.332 e. The molecule has 0 aromatic heterocycles. The second-order valence-electron chi connectivity index (χ2n) is 4.00. The van der Waals surface area contributed by atoms with Crippen LogP contribution in [0.1, 0.15) is 11.1 Å². The fourth-order valence-corrected chi connectivity index (χ4v) is 1.71. The molecule has 2 rings (SSSR count). The van der Waals surface area contributed by atoms with E-state index >= 15 is 0 Å². The topological polar surface area (TPSA) is 108 Å². The normalized spacial score (nSPS) is 11.1. The zero-order valence-corrected chi connectivity index (χ0v) is 10.4. The average Bonchev–Trinajstić information content (AvgIpc) is 2.42. The predicted octanol–water partition coefficient (Wildman–Crippen LogP) is 1.52. The van der Waals surface area contributed by atoms with Crippen LogP contribution in [-0.2, 0) is 0 Å². The van der Waals surface area contributed by atoms with E-state index in [9.17, 15) is 15.0 Å². The van der Waals surface area contributed by atoms with E-state index < -0.39 is 6.03 Å². The van der Waals surface area contributed by atoms with Gasteiger partial charge in [0.1, 0.15) is 17.2 Å². The van der Waals surface area contributed by atoms with Crippen molar-refractivity contribution in [3.63, 3.8) is 0 Å². The predicted molar refractivity (Wildman–Crippen MR) is 74.6 cm³/mol. The third kappa shape index (κ3) is 3.05. The fraction of sp³-hybridized carbons (Fsp3) is 0. The molecule has 0 aliphatic rings. The van der Waals surface area contributed by atoms with E-state index in [1.165, 1.54) is 18.2 Å². The summed E-state index contributed by atoms with van der Waals surface area (Å²) in [6.07, 6.45) is 0. The van der Waals surface area contributed by atoms with Gasteiger partial charge in [0, 0.05) is 17.2 Å². The summed E-state index contributed by atoms with van der Waals surface area (Å²) in [5.74, 6) is -0.222. The number of hydrogen-bond acceptors (Lipinski definition) is 4. The Balaban J connectivity index is 2.52. The van der Waals surface area contributed by atoms with Crippen LogP contribution in [0.4, 0.5) is 4.79 Å². The second kappa shape index (κ2) is 5.75. The van der Waals surface area contributed by atoms with Gasteiger partial charge in [-0.15, -0.1) is 0 Å². The van der Waals surface area contributed by atoms with Crippen LogP contribution in [0.2, 0.25) is 0 Å². The highest BCUT2D eigenvalue weighted by Crippen LogP contribution is 2.25. The fourth-order valence-electron chi connectivity index (χ4n) is 1.71. The first-order valence-corrected chi connectivity index (χ1v) is 5.79. The lowest BCUT2D eigenvalue weighted by Gasteiger charge is -2.09. The molecule has 20 heavy (non-hydrogen) atoms. The molecule has 0 unspecified atom stereocenters.